The molecule has 0 radical (unpaired) electrons. The summed E-state index contributed by atoms with van der Waals surface area (Å²) in [6, 6.07) is 0. The van der Waals surface area contributed by atoms with E-state index in [-0.39, 0.29) is 6.10 Å². The maximum Gasteiger partial charge on any atom is 0.332 e. The van der Waals surface area contributed by atoms with Gasteiger partial charge in [-0.3, -0.25) is 0 Å². The molecule has 0 aromatic rings. The fourth-order valence-electron chi connectivity index (χ4n) is 1.73. The van der Waals surface area contributed by atoms with Gasteiger partial charge in [0.05, 0.1) is 12.2 Å². The van der Waals surface area contributed by atoms with Crippen LogP contribution in [0.15, 0.2) is 0 Å². The van der Waals surface area contributed by atoms with Gasteiger partial charge in [-0.05, 0) is 19.8 Å². The third-order valence-corrected chi connectivity index (χ3v) is 2.64. The highest BCUT2D eigenvalue weighted by Crippen LogP contribution is 2.21. The summed E-state index contributed by atoms with van der Waals surface area (Å²) in [6.45, 7) is 1.50. The first-order valence-electron chi connectivity index (χ1n) is 5.17. The molecule has 1 rings (SSSR count). The summed E-state index contributed by atoms with van der Waals surface area (Å²) in [6.07, 6.45) is 2.96. The van der Waals surface area contributed by atoms with Gasteiger partial charge in [-0.1, -0.05) is 19.3 Å². The van der Waals surface area contributed by atoms with Crippen molar-refractivity contribution in [3.8, 4) is 0 Å². The van der Waals surface area contributed by atoms with Gasteiger partial charge in [0, 0.05) is 0 Å². The van der Waals surface area contributed by atoms with Crippen molar-refractivity contribution in [3.63, 3.8) is 0 Å². The third kappa shape index (κ3) is 3.27. The van der Waals surface area contributed by atoms with E-state index in [1.54, 1.807) is 0 Å². The minimum Gasteiger partial charge on any atom is -0.479 e. The molecule has 0 aromatic heterocycles. The van der Waals surface area contributed by atoms with E-state index in [4.69, 9.17) is 9.84 Å². The molecular weight excluding hydrogens is 184 g/mol. The molecule has 0 bridgehead atoms. The molecule has 1 saturated carbocycles. The van der Waals surface area contributed by atoms with Gasteiger partial charge >= 0.3 is 5.97 Å². The quantitative estimate of drug-likeness (QED) is 0.674. The molecular formula is C10H18O4. The lowest BCUT2D eigenvalue weighted by Crippen LogP contribution is -2.34. The average Bonchev–Trinajstić information content (AvgIpc) is 2.32. The number of carboxylic acid groups (broad SMARTS) is 1. The molecule has 2 N–H and O–H groups in total. The maximum absolute atomic E-state index is 10.6. The average molecular weight is 202 g/mol. The Morgan fingerprint density at radius 2 is 2.00 bits per heavy atom. The fraction of sp³-hybridized carbons (Fsp3) is 0.900. The zero-order chi connectivity index (χ0) is 10.6. The van der Waals surface area contributed by atoms with Crippen molar-refractivity contribution in [3.05, 3.63) is 0 Å². The topological polar surface area (TPSA) is 66.8 Å². The lowest BCUT2D eigenvalue weighted by molar-refractivity contribution is -0.157. The van der Waals surface area contributed by atoms with Crippen LogP contribution in [-0.2, 0) is 9.53 Å². The molecule has 1 fully saturated rings. The zero-order valence-corrected chi connectivity index (χ0v) is 8.48. The molecule has 4 heteroatoms. The molecule has 0 spiro atoms. The van der Waals surface area contributed by atoms with Crippen LogP contribution in [0.25, 0.3) is 0 Å². The summed E-state index contributed by atoms with van der Waals surface area (Å²) < 4.78 is 5.30. The standard InChI is InChI=1S/C10H18O4/c1-7(10(12)13)14-9-6-4-2-3-5-8(9)11/h7-9,11H,2-6H2,1H3,(H,12,13). The van der Waals surface area contributed by atoms with Gasteiger partial charge in [0.2, 0.25) is 0 Å². The summed E-state index contributed by atoms with van der Waals surface area (Å²) in [4.78, 5) is 10.6. The summed E-state index contributed by atoms with van der Waals surface area (Å²) in [5.41, 5.74) is 0. The van der Waals surface area contributed by atoms with Gasteiger partial charge in [-0.25, -0.2) is 4.79 Å². The van der Waals surface area contributed by atoms with E-state index < -0.39 is 18.2 Å². The molecule has 0 amide bonds. The lowest BCUT2D eigenvalue weighted by Gasteiger charge is -2.22. The van der Waals surface area contributed by atoms with Crippen molar-refractivity contribution < 1.29 is 19.7 Å². The predicted octanol–water partition coefficient (Wildman–Crippen LogP) is 1.17. The van der Waals surface area contributed by atoms with Crippen LogP contribution in [0.3, 0.4) is 0 Å². The highest BCUT2D eigenvalue weighted by molar-refractivity contribution is 5.71. The van der Waals surface area contributed by atoms with Crippen molar-refractivity contribution >= 4 is 5.97 Å². The van der Waals surface area contributed by atoms with Crippen molar-refractivity contribution in [2.24, 2.45) is 0 Å². The molecule has 3 atom stereocenters. The summed E-state index contributed by atoms with van der Waals surface area (Å²) in [5, 5.41) is 18.3. The van der Waals surface area contributed by atoms with Gasteiger partial charge in [0.15, 0.2) is 6.10 Å². The molecule has 0 aliphatic heterocycles. The summed E-state index contributed by atoms with van der Waals surface area (Å²) >= 11 is 0. The van der Waals surface area contributed by atoms with Gasteiger partial charge in [0.25, 0.3) is 0 Å². The highest BCUT2D eigenvalue weighted by Gasteiger charge is 2.26. The number of hydrogen-bond donors (Lipinski definition) is 2. The van der Waals surface area contributed by atoms with E-state index in [1.807, 2.05) is 0 Å². The normalized spacial score (nSPS) is 30.7. The molecule has 1 aliphatic carbocycles. The third-order valence-electron chi connectivity index (χ3n) is 2.64. The van der Waals surface area contributed by atoms with Crippen LogP contribution < -0.4 is 0 Å². The second-order valence-corrected chi connectivity index (χ2v) is 3.86. The minimum absolute atomic E-state index is 0.302. The van der Waals surface area contributed by atoms with E-state index in [1.165, 1.54) is 6.92 Å². The number of aliphatic hydroxyl groups excluding tert-OH is 1. The van der Waals surface area contributed by atoms with Crippen LogP contribution in [0.1, 0.15) is 39.0 Å². The molecule has 1 aliphatic rings. The molecule has 0 saturated heterocycles. The predicted molar refractivity (Wildman–Crippen MR) is 51.1 cm³/mol. The van der Waals surface area contributed by atoms with E-state index >= 15 is 0 Å². The molecule has 4 nitrogen and oxygen atoms in total. The first-order valence-corrected chi connectivity index (χ1v) is 5.17. The molecule has 0 aromatic carbocycles. The van der Waals surface area contributed by atoms with Crippen LogP contribution in [0.5, 0.6) is 0 Å². The number of ether oxygens (including phenoxy) is 1. The van der Waals surface area contributed by atoms with Crippen molar-refractivity contribution in [2.45, 2.75) is 57.3 Å². The second-order valence-electron chi connectivity index (χ2n) is 3.86. The van der Waals surface area contributed by atoms with E-state index in [0.717, 1.165) is 32.1 Å². The monoisotopic (exact) mass is 202 g/mol. The van der Waals surface area contributed by atoms with Gasteiger partial charge in [-0.15, -0.1) is 0 Å². The Kier molecular flexibility index (Phi) is 4.35. The maximum atomic E-state index is 10.6. The largest absolute Gasteiger partial charge is 0.479 e. The van der Waals surface area contributed by atoms with Gasteiger partial charge in [0.1, 0.15) is 0 Å². The second kappa shape index (κ2) is 5.32. The van der Waals surface area contributed by atoms with E-state index in [9.17, 15) is 9.90 Å². The highest BCUT2D eigenvalue weighted by atomic mass is 16.5. The van der Waals surface area contributed by atoms with E-state index in [2.05, 4.69) is 0 Å². The summed E-state index contributed by atoms with van der Waals surface area (Å²) in [5.74, 6) is -0.971. The zero-order valence-electron chi connectivity index (χ0n) is 8.48. The van der Waals surface area contributed by atoms with Crippen LogP contribution in [0.2, 0.25) is 0 Å². The number of carbonyl (C=O) groups is 1. The Hall–Kier alpha value is -0.610. The lowest BCUT2D eigenvalue weighted by atomic mass is 10.1. The van der Waals surface area contributed by atoms with Crippen LogP contribution in [0.4, 0.5) is 0 Å². The SMILES string of the molecule is CC(OC1CCCCCC1O)C(=O)O. The van der Waals surface area contributed by atoms with Crippen LogP contribution in [-0.4, -0.2) is 34.5 Å². The summed E-state index contributed by atoms with van der Waals surface area (Å²) in [7, 11) is 0. The molecule has 3 unspecified atom stereocenters. The smallest absolute Gasteiger partial charge is 0.332 e. The molecule has 0 heterocycles. The Labute approximate surface area is 83.9 Å². The first-order chi connectivity index (χ1) is 6.61. The Morgan fingerprint density at radius 1 is 1.36 bits per heavy atom. The van der Waals surface area contributed by atoms with Gasteiger partial charge < -0.3 is 14.9 Å². The van der Waals surface area contributed by atoms with Crippen LogP contribution in [0, 0.1) is 0 Å². The van der Waals surface area contributed by atoms with Crippen molar-refractivity contribution in [1.82, 2.24) is 0 Å². The van der Waals surface area contributed by atoms with Crippen LogP contribution >= 0.6 is 0 Å². The first kappa shape index (κ1) is 11.5. The van der Waals surface area contributed by atoms with E-state index in [0.29, 0.717) is 0 Å². The number of hydrogen-bond acceptors (Lipinski definition) is 3. The number of aliphatic hydroxyl groups is 1. The Bertz CT molecular complexity index is 193. The molecule has 82 valence electrons. The minimum atomic E-state index is -0.971. The number of aliphatic carboxylic acids is 1. The van der Waals surface area contributed by atoms with Crippen molar-refractivity contribution in [2.75, 3.05) is 0 Å². The molecule has 14 heavy (non-hydrogen) atoms. The Balaban J connectivity index is 2.43. The number of rotatable bonds is 3. The Morgan fingerprint density at radius 3 is 2.64 bits per heavy atom. The fourth-order valence-corrected chi connectivity index (χ4v) is 1.73. The number of carboxylic acids is 1. The van der Waals surface area contributed by atoms with Crippen molar-refractivity contribution in [1.29, 1.82) is 0 Å². The van der Waals surface area contributed by atoms with Gasteiger partial charge in [-0.2, -0.15) is 0 Å².